The first-order valence-electron chi connectivity index (χ1n) is 7.68. The van der Waals surface area contributed by atoms with Crippen molar-refractivity contribution in [3.8, 4) is 5.75 Å². The smallest absolute Gasteiger partial charge is 0.227 e. The molecule has 6 nitrogen and oxygen atoms in total. The van der Waals surface area contributed by atoms with Gasteiger partial charge in [0, 0.05) is 24.3 Å². The maximum absolute atomic E-state index is 11.9. The number of ether oxygens (including phenoxy) is 1. The lowest BCUT2D eigenvalue weighted by Gasteiger charge is -2.07. The van der Waals surface area contributed by atoms with E-state index in [0.717, 1.165) is 17.7 Å². The molecule has 0 atom stereocenters. The van der Waals surface area contributed by atoms with E-state index in [1.54, 1.807) is 5.38 Å². The third-order valence-corrected chi connectivity index (χ3v) is 4.02. The van der Waals surface area contributed by atoms with Crippen molar-refractivity contribution in [2.75, 3.05) is 6.61 Å². The van der Waals surface area contributed by atoms with Crippen molar-refractivity contribution in [3.63, 3.8) is 0 Å². The molecular formula is C17H19N2O4S-. The zero-order valence-corrected chi connectivity index (χ0v) is 14.2. The summed E-state index contributed by atoms with van der Waals surface area (Å²) in [5, 5.41) is 15.5. The molecular weight excluding hydrogens is 328 g/mol. The average Bonchev–Trinajstić information content (AvgIpc) is 2.98. The van der Waals surface area contributed by atoms with Gasteiger partial charge in [0.25, 0.3) is 0 Å². The second-order valence-electron chi connectivity index (χ2n) is 5.23. The molecule has 0 fully saturated rings. The van der Waals surface area contributed by atoms with E-state index in [2.05, 4.69) is 10.3 Å². The number of nitrogens with one attached hydrogen (secondary N) is 1. The van der Waals surface area contributed by atoms with Crippen LogP contribution >= 0.6 is 11.3 Å². The van der Waals surface area contributed by atoms with Crippen molar-refractivity contribution in [2.45, 2.75) is 32.7 Å². The highest BCUT2D eigenvalue weighted by Crippen LogP contribution is 2.13. The number of hydrogen-bond donors (Lipinski definition) is 1. The number of carboxylic acid groups (broad SMARTS) is 1. The Morgan fingerprint density at radius 3 is 2.67 bits per heavy atom. The highest BCUT2D eigenvalue weighted by atomic mass is 32.1. The summed E-state index contributed by atoms with van der Waals surface area (Å²) < 4.78 is 5.50. The predicted octanol–water partition coefficient (Wildman–Crippen LogP) is 1.08. The Morgan fingerprint density at radius 2 is 2.00 bits per heavy atom. The topological polar surface area (TPSA) is 91.3 Å². The van der Waals surface area contributed by atoms with E-state index in [4.69, 9.17) is 4.74 Å². The summed E-state index contributed by atoms with van der Waals surface area (Å²) in [5.74, 6) is -0.520. The van der Waals surface area contributed by atoms with Crippen LogP contribution in [0.3, 0.4) is 0 Å². The number of rotatable bonds is 9. The van der Waals surface area contributed by atoms with Gasteiger partial charge < -0.3 is 20.0 Å². The van der Waals surface area contributed by atoms with Crippen LogP contribution in [0.5, 0.6) is 5.75 Å². The number of hydrogen-bond acceptors (Lipinski definition) is 6. The molecule has 24 heavy (non-hydrogen) atoms. The lowest BCUT2D eigenvalue weighted by molar-refractivity contribution is -0.304. The van der Waals surface area contributed by atoms with E-state index in [9.17, 15) is 14.7 Å². The molecule has 1 N–H and O–H groups in total. The molecule has 7 heteroatoms. The first-order valence-corrected chi connectivity index (χ1v) is 8.56. The van der Waals surface area contributed by atoms with Crippen LogP contribution in [0.25, 0.3) is 0 Å². The summed E-state index contributed by atoms with van der Waals surface area (Å²) in [7, 11) is 0. The Hall–Kier alpha value is -2.41. The standard InChI is InChI=1S/C17H20N2O4S/c1-2-7-23-14-5-3-12(4-6-14)10-18-15(20)9-16-19-13(11-24-16)8-17(21)22/h3-6,11H,2,7-10H2,1H3,(H,18,20)(H,21,22)/p-1. The lowest BCUT2D eigenvalue weighted by atomic mass is 10.2. The summed E-state index contributed by atoms with van der Waals surface area (Å²) in [5.41, 5.74) is 1.40. The summed E-state index contributed by atoms with van der Waals surface area (Å²) in [4.78, 5) is 26.5. The van der Waals surface area contributed by atoms with E-state index >= 15 is 0 Å². The number of thiazole rings is 1. The fourth-order valence-corrected chi connectivity index (χ4v) is 2.78. The second-order valence-corrected chi connectivity index (χ2v) is 6.17. The van der Waals surface area contributed by atoms with E-state index in [1.165, 1.54) is 11.3 Å². The molecule has 1 heterocycles. The molecule has 2 rings (SSSR count). The molecule has 2 aromatic rings. The van der Waals surface area contributed by atoms with E-state index in [1.807, 2.05) is 31.2 Å². The Kier molecular flexibility index (Phi) is 6.74. The number of aromatic nitrogens is 1. The van der Waals surface area contributed by atoms with Crippen LogP contribution in [0.4, 0.5) is 0 Å². The van der Waals surface area contributed by atoms with Crippen molar-refractivity contribution < 1.29 is 19.4 Å². The summed E-state index contributed by atoms with van der Waals surface area (Å²) in [6.45, 7) is 3.15. The largest absolute Gasteiger partial charge is 0.550 e. The molecule has 0 aliphatic carbocycles. The van der Waals surface area contributed by atoms with Gasteiger partial charge in [-0.15, -0.1) is 11.3 Å². The van der Waals surface area contributed by atoms with Gasteiger partial charge in [0.05, 0.1) is 18.7 Å². The van der Waals surface area contributed by atoms with Crippen molar-refractivity contribution in [2.24, 2.45) is 0 Å². The van der Waals surface area contributed by atoms with Gasteiger partial charge in [-0.25, -0.2) is 4.98 Å². The highest BCUT2D eigenvalue weighted by Gasteiger charge is 2.08. The van der Waals surface area contributed by atoms with Crippen molar-refractivity contribution in [3.05, 3.63) is 45.9 Å². The zero-order chi connectivity index (χ0) is 17.4. The van der Waals surface area contributed by atoms with Gasteiger partial charge in [0.2, 0.25) is 5.91 Å². The monoisotopic (exact) mass is 347 g/mol. The summed E-state index contributed by atoms with van der Waals surface area (Å²) in [6, 6.07) is 7.58. The van der Waals surface area contributed by atoms with Crippen molar-refractivity contribution in [1.29, 1.82) is 0 Å². The minimum absolute atomic E-state index is 0.134. The molecule has 0 unspecified atom stereocenters. The van der Waals surface area contributed by atoms with E-state index in [-0.39, 0.29) is 18.7 Å². The fraction of sp³-hybridized carbons (Fsp3) is 0.353. The van der Waals surface area contributed by atoms with Gasteiger partial charge >= 0.3 is 0 Å². The molecule has 1 aromatic carbocycles. The van der Waals surface area contributed by atoms with Crippen molar-refractivity contribution in [1.82, 2.24) is 10.3 Å². The molecule has 0 saturated carbocycles. The Morgan fingerprint density at radius 1 is 1.25 bits per heavy atom. The number of carbonyl (C=O) groups excluding carboxylic acids is 2. The van der Waals surface area contributed by atoms with Gasteiger partial charge in [-0.2, -0.15) is 0 Å². The van der Waals surface area contributed by atoms with Gasteiger partial charge in [-0.1, -0.05) is 19.1 Å². The van der Waals surface area contributed by atoms with Crippen LogP contribution in [0.1, 0.15) is 29.6 Å². The maximum atomic E-state index is 11.9. The number of nitrogens with zero attached hydrogens (tertiary/aromatic N) is 1. The van der Waals surface area contributed by atoms with Gasteiger partial charge in [0.15, 0.2) is 0 Å². The maximum Gasteiger partial charge on any atom is 0.227 e. The van der Waals surface area contributed by atoms with Crippen LogP contribution in [-0.2, 0) is 29.0 Å². The normalized spacial score (nSPS) is 10.4. The molecule has 0 saturated heterocycles. The van der Waals surface area contributed by atoms with E-state index in [0.29, 0.717) is 23.9 Å². The first kappa shape index (κ1) is 17.9. The first-order chi connectivity index (χ1) is 11.6. The van der Waals surface area contributed by atoms with Crippen LogP contribution in [0.15, 0.2) is 29.6 Å². The summed E-state index contributed by atoms with van der Waals surface area (Å²) >= 11 is 1.27. The molecule has 128 valence electrons. The van der Waals surface area contributed by atoms with Crippen molar-refractivity contribution >= 4 is 23.2 Å². The molecule has 0 bridgehead atoms. The zero-order valence-electron chi connectivity index (χ0n) is 13.4. The minimum Gasteiger partial charge on any atom is -0.550 e. The Labute approximate surface area is 144 Å². The number of amides is 1. The number of benzene rings is 1. The molecule has 0 spiro atoms. The molecule has 0 aliphatic rings. The number of aliphatic carboxylic acids is 1. The number of carboxylic acids is 1. The molecule has 1 amide bonds. The minimum atomic E-state index is -1.18. The Balaban J connectivity index is 1.78. The van der Waals surface area contributed by atoms with E-state index < -0.39 is 5.97 Å². The lowest BCUT2D eigenvalue weighted by Crippen LogP contribution is -2.25. The highest BCUT2D eigenvalue weighted by molar-refractivity contribution is 7.09. The third-order valence-electron chi connectivity index (χ3n) is 3.12. The SMILES string of the molecule is CCCOc1ccc(CNC(=O)Cc2nc(CC(=O)[O-])cs2)cc1. The van der Waals surface area contributed by atoms with Crippen LogP contribution in [-0.4, -0.2) is 23.5 Å². The quantitative estimate of drug-likeness (QED) is 0.733. The second kappa shape index (κ2) is 9.02. The van der Waals surface area contributed by atoms with Crippen LogP contribution in [0.2, 0.25) is 0 Å². The molecule has 1 aromatic heterocycles. The fourth-order valence-electron chi connectivity index (χ4n) is 1.98. The average molecular weight is 347 g/mol. The molecule has 0 radical (unpaired) electrons. The van der Waals surface area contributed by atoms with Gasteiger partial charge in [-0.3, -0.25) is 4.79 Å². The van der Waals surface area contributed by atoms with Crippen LogP contribution in [0, 0.1) is 0 Å². The van der Waals surface area contributed by atoms with Gasteiger partial charge in [-0.05, 0) is 24.1 Å². The summed E-state index contributed by atoms with van der Waals surface area (Å²) in [6.07, 6.45) is 0.860. The molecule has 0 aliphatic heterocycles. The van der Waals surface area contributed by atoms with Gasteiger partial charge in [0.1, 0.15) is 10.8 Å². The third kappa shape index (κ3) is 6.00. The predicted molar refractivity (Wildman–Crippen MR) is 88.6 cm³/mol. The van der Waals surface area contributed by atoms with Crippen LogP contribution < -0.4 is 15.2 Å². The number of carbonyl (C=O) groups is 2. The Bertz CT molecular complexity index is 682.